The Balaban J connectivity index is 2.52. The van der Waals surface area contributed by atoms with Crippen LogP contribution in [0.15, 0.2) is 12.1 Å². The van der Waals surface area contributed by atoms with E-state index in [4.69, 9.17) is 5.26 Å². The lowest BCUT2D eigenvalue weighted by molar-refractivity contribution is 0.625. The average molecular weight is 177 g/mol. The summed E-state index contributed by atoms with van der Waals surface area (Å²) in [6, 6.07) is 4.65. The van der Waals surface area contributed by atoms with E-state index in [0.717, 1.165) is 5.69 Å². The number of anilines is 2. The fourth-order valence-corrected chi connectivity index (χ4v) is 1.40. The molecule has 1 atom stereocenters. The van der Waals surface area contributed by atoms with E-state index < -0.39 is 5.82 Å². The highest BCUT2D eigenvalue weighted by molar-refractivity contribution is 5.75. The van der Waals surface area contributed by atoms with Gasteiger partial charge < -0.3 is 10.6 Å². The number of fused-ring (bicyclic) bond motifs is 1. The second-order valence-electron chi connectivity index (χ2n) is 3.00. The van der Waals surface area contributed by atoms with E-state index in [1.807, 2.05) is 6.92 Å². The molecular formula is C9H8FN3. The minimum absolute atomic E-state index is 0.0714. The molecule has 1 aliphatic rings. The largest absolute Gasteiger partial charge is 0.364 e. The number of nitrogens with one attached hydrogen (secondary N) is 2. The van der Waals surface area contributed by atoms with Gasteiger partial charge in [-0.05, 0) is 13.0 Å². The lowest BCUT2D eigenvalue weighted by Crippen LogP contribution is -2.16. The zero-order valence-electron chi connectivity index (χ0n) is 7.06. The monoisotopic (exact) mass is 177 g/mol. The highest BCUT2D eigenvalue weighted by Gasteiger charge is 2.17. The molecule has 0 aliphatic carbocycles. The SMILES string of the molecule is CC1Nc2cc(F)c(C#N)cc2N1. The highest BCUT2D eigenvalue weighted by Crippen LogP contribution is 2.30. The topological polar surface area (TPSA) is 47.9 Å². The summed E-state index contributed by atoms with van der Waals surface area (Å²) in [5, 5.41) is 14.7. The summed E-state index contributed by atoms with van der Waals surface area (Å²) in [6.07, 6.45) is 0.0864. The number of hydrogen-bond acceptors (Lipinski definition) is 3. The maximum absolute atomic E-state index is 13.1. The van der Waals surface area contributed by atoms with E-state index in [-0.39, 0.29) is 11.7 Å². The lowest BCUT2D eigenvalue weighted by atomic mass is 10.2. The molecule has 1 unspecified atom stereocenters. The van der Waals surface area contributed by atoms with Crippen molar-refractivity contribution in [3.8, 4) is 6.07 Å². The predicted octanol–water partition coefficient (Wildman–Crippen LogP) is 1.88. The van der Waals surface area contributed by atoms with Crippen molar-refractivity contribution in [2.75, 3.05) is 10.6 Å². The third kappa shape index (κ3) is 1.18. The molecule has 0 spiro atoms. The molecule has 0 saturated carbocycles. The van der Waals surface area contributed by atoms with E-state index in [0.29, 0.717) is 5.69 Å². The van der Waals surface area contributed by atoms with E-state index in [1.165, 1.54) is 12.1 Å². The van der Waals surface area contributed by atoms with Gasteiger partial charge in [-0.2, -0.15) is 5.26 Å². The van der Waals surface area contributed by atoms with Crippen LogP contribution < -0.4 is 10.6 Å². The van der Waals surface area contributed by atoms with Crippen LogP contribution in [0.25, 0.3) is 0 Å². The molecule has 1 heterocycles. The van der Waals surface area contributed by atoms with Crippen LogP contribution in [0.2, 0.25) is 0 Å². The van der Waals surface area contributed by atoms with Crippen molar-refractivity contribution in [3.05, 3.63) is 23.5 Å². The summed E-state index contributed by atoms with van der Waals surface area (Å²) in [7, 11) is 0. The fourth-order valence-electron chi connectivity index (χ4n) is 1.40. The number of halogens is 1. The van der Waals surface area contributed by atoms with Crippen LogP contribution in [-0.2, 0) is 0 Å². The van der Waals surface area contributed by atoms with Gasteiger partial charge in [0.25, 0.3) is 0 Å². The zero-order valence-corrected chi connectivity index (χ0v) is 7.06. The minimum Gasteiger partial charge on any atom is -0.364 e. The first-order valence-electron chi connectivity index (χ1n) is 3.97. The molecule has 2 rings (SSSR count). The Bertz CT molecular complexity index is 395. The second kappa shape index (κ2) is 2.63. The zero-order chi connectivity index (χ0) is 9.42. The predicted molar refractivity (Wildman–Crippen MR) is 47.8 cm³/mol. The summed E-state index contributed by atoms with van der Waals surface area (Å²) >= 11 is 0. The minimum atomic E-state index is -0.482. The van der Waals surface area contributed by atoms with Gasteiger partial charge in [0.15, 0.2) is 0 Å². The van der Waals surface area contributed by atoms with Gasteiger partial charge >= 0.3 is 0 Å². The maximum Gasteiger partial charge on any atom is 0.143 e. The van der Waals surface area contributed by atoms with E-state index in [2.05, 4.69) is 10.6 Å². The van der Waals surface area contributed by atoms with Crippen LogP contribution in [0.4, 0.5) is 15.8 Å². The molecule has 0 amide bonds. The van der Waals surface area contributed by atoms with Crippen LogP contribution in [-0.4, -0.2) is 6.17 Å². The number of benzene rings is 1. The Kier molecular flexibility index (Phi) is 1.59. The highest BCUT2D eigenvalue weighted by atomic mass is 19.1. The van der Waals surface area contributed by atoms with Gasteiger partial charge in [0.05, 0.1) is 23.1 Å². The first kappa shape index (κ1) is 7.87. The smallest absolute Gasteiger partial charge is 0.143 e. The third-order valence-corrected chi connectivity index (χ3v) is 1.97. The van der Waals surface area contributed by atoms with E-state index in [9.17, 15) is 4.39 Å². The van der Waals surface area contributed by atoms with Crippen molar-refractivity contribution in [2.45, 2.75) is 13.1 Å². The Morgan fingerprint density at radius 1 is 1.38 bits per heavy atom. The fraction of sp³-hybridized carbons (Fsp3) is 0.222. The number of rotatable bonds is 0. The Morgan fingerprint density at radius 3 is 2.62 bits per heavy atom. The first-order chi connectivity index (χ1) is 6.20. The molecule has 1 aliphatic heterocycles. The molecule has 1 aromatic rings. The molecular weight excluding hydrogens is 169 g/mol. The van der Waals surface area contributed by atoms with Crippen LogP contribution in [0.1, 0.15) is 12.5 Å². The van der Waals surface area contributed by atoms with Gasteiger partial charge in [-0.1, -0.05) is 0 Å². The van der Waals surface area contributed by atoms with Crippen molar-refractivity contribution in [2.24, 2.45) is 0 Å². The molecule has 0 fully saturated rings. The molecule has 0 bridgehead atoms. The molecule has 4 heteroatoms. The lowest BCUT2D eigenvalue weighted by Gasteiger charge is -2.01. The summed E-state index contributed by atoms with van der Waals surface area (Å²) in [5.41, 5.74) is 1.57. The van der Waals surface area contributed by atoms with Gasteiger partial charge in [-0.3, -0.25) is 0 Å². The second-order valence-corrected chi connectivity index (χ2v) is 3.00. The van der Waals surface area contributed by atoms with Crippen LogP contribution >= 0.6 is 0 Å². The van der Waals surface area contributed by atoms with Gasteiger partial charge in [0, 0.05) is 6.07 Å². The molecule has 66 valence electrons. The van der Waals surface area contributed by atoms with E-state index >= 15 is 0 Å². The molecule has 0 radical (unpaired) electrons. The Hall–Kier alpha value is -1.76. The number of nitrogens with zero attached hydrogens (tertiary/aromatic N) is 1. The van der Waals surface area contributed by atoms with Gasteiger partial charge in [-0.25, -0.2) is 4.39 Å². The summed E-state index contributed by atoms with van der Waals surface area (Å²) < 4.78 is 13.1. The summed E-state index contributed by atoms with van der Waals surface area (Å²) in [6.45, 7) is 1.92. The Labute approximate surface area is 75.2 Å². The van der Waals surface area contributed by atoms with Crippen LogP contribution in [0.3, 0.4) is 0 Å². The van der Waals surface area contributed by atoms with Gasteiger partial charge in [-0.15, -0.1) is 0 Å². The maximum atomic E-state index is 13.1. The van der Waals surface area contributed by atoms with Crippen molar-refractivity contribution in [3.63, 3.8) is 0 Å². The Morgan fingerprint density at radius 2 is 2.00 bits per heavy atom. The molecule has 13 heavy (non-hydrogen) atoms. The quantitative estimate of drug-likeness (QED) is 0.636. The standard InChI is InChI=1S/C9H8FN3/c1-5-12-8-2-6(4-11)7(10)3-9(8)13-5/h2-3,5,12-13H,1H3. The van der Waals surface area contributed by atoms with Gasteiger partial charge in [0.2, 0.25) is 0 Å². The third-order valence-electron chi connectivity index (χ3n) is 1.97. The van der Waals surface area contributed by atoms with Gasteiger partial charge in [0.1, 0.15) is 11.9 Å². The molecule has 0 aromatic heterocycles. The van der Waals surface area contributed by atoms with Crippen molar-refractivity contribution in [1.29, 1.82) is 5.26 Å². The van der Waals surface area contributed by atoms with Crippen molar-refractivity contribution < 1.29 is 4.39 Å². The molecule has 1 aromatic carbocycles. The first-order valence-corrected chi connectivity index (χ1v) is 3.97. The van der Waals surface area contributed by atoms with Crippen LogP contribution in [0, 0.1) is 17.1 Å². The van der Waals surface area contributed by atoms with Crippen molar-refractivity contribution in [1.82, 2.24) is 0 Å². The normalized spacial score (nSPS) is 18.4. The summed E-state index contributed by atoms with van der Waals surface area (Å²) in [5.74, 6) is -0.482. The number of nitriles is 1. The van der Waals surface area contributed by atoms with E-state index in [1.54, 1.807) is 6.07 Å². The molecule has 3 nitrogen and oxygen atoms in total. The molecule has 0 saturated heterocycles. The van der Waals surface area contributed by atoms with Crippen molar-refractivity contribution >= 4 is 11.4 Å². The average Bonchev–Trinajstić information content (AvgIpc) is 2.42. The molecule has 2 N–H and O–H groups in total. The number of hydrogen-bond donors (Lipinski definition) is 2. The summed E-state index contributed by atoms with van der Waals surface area (Å²) in [4.78, 5) is 0. The van der Waals surface area contributed by atoms with Crippen LogP contribution in [0.5, 0.6) is 0 Å².